The molecule has 0 fully saturated rings. The van der Waals surface area contributed by atoms with Crippen LogP contribution in [0.15, 0.2) is 29.2 Å². The van der Waals surface area contributed by atoms with Gasteiger partial charge in [-0.3, -0.25) is 0 Å². The number of hydrogen-bond donors (Lipinski definition) is 1. The van der Waals surface area contributed by atoms with Gasteiger partial charge < -0.3 is 4.74 Å². The Labute approximate surface area is 164 Å². The fraction of sp³-hybridized carbons (Fsp3) is 0.455. The van der Waals surface area contributed by atoms with E-state index in [2.05, 4.69) is 23.8 Å². The molecule has 0 aromatic heterocycles. The highest BCUT2D eigenvalue weighted by atomic mass is 32.2. The Morgan fingerprint density at radius 3 is 1.96 bits per heavy atom. The van der Waals surface area contributed by atoms with Crippen LogP contribution in [0.4, 0.5) is 0 Å². The third kappa shape index (κ3) is 4.53. The van der Waals surface area contributed by atoms with Crippen molar-refractivity contribution < 1.29 is 13.2 Å². The highest BCUT2D eigenvalue weighted by Gasteiger charge is 2.24. The lowest BCUT2D eigenvalue weighted by Crippen LogP contribution is -2.28. The molecular weight excluding hydrogens is 358 g/mol. The van der Waals surface area contributed by atoms with Gasteiger partial charge >= 0.3 is 0 Å². The molecule has 0 aliphatic carbocycles. The third-order valence-electron chi connectivity index (χ3n) is 5.12. The Kier molecular flexibility index (Phi) is 6.38. The summed E-state index contributed by atoms with van der Waals surface area (Å²) in [6.45, 7) is 13.9. The Balaban J connectivity index is 2.45. The topological polar surface area (TPSA) is 55.4 Å². The van der Waals surface area contributed by atoms with Crippen LogP contribution < -0.4 is 9.46 Å². The normalized spacial score (nSPS) is 13.1. The highest BCUT2D eigenvalue weighted by molar-refractivity contribution is 7.89. The summed E-state index contributed by atoms with van der Waals surface area (Å²) in [6, 6.07) is 7.39. The molecule has 1 N–H and O–H groups in total. The molecule has 0 aliphatic rings. The van der Waals surface area contributed by atoms with E-state index in [1.807, 2.05) is 34.6 Å². The van der Waals surface area contributed by atoms with E-state index in [0.29, 0.717) is 10.5 Å². The molecule has 148 valence electrons. The molecule has 0 radical (unpaired) electrons. The van der Waals surface area contributed by atoms with Crippen LogP contribution in [0.2, 0.25) is 0 Å². The Hall–Kier alpha value is -1.85. The van der Waals surface area contributed by atoms with E-state index in [0.717, 1.165) is 28.0 Å². The van der Waals surface area contributed by atoms with Gasteiger partial charge in [0.05, 0.1) is 12.0 Å². The summed E-state index contributed by atoms with van der Waals surface area (Å²) >= 11 is 0. The molecule has 2 rings (SSSR count). The smallest absolute Gasteiger partial charge is 0.241 e. The quantitative estimate of drug-likeness (QED) is 0.748. The van der Waals surface area contributed by atoms with Gasteiger partial charge in [0.25, 0.3) is 0 Å². The predicted octanol–water partition coefficient (Wildman–Crippen LogP) is 5.09. The maximum absolute atomic E-state index is 13.1. The lowest BCUT2D eigenvalue weighted by molar-refractivity contribution is 0.406. The first-order valence-electron chi connectivity index (χ1n) is 9.26. The highest BCUT2D eigenvalue weighted by Crippen LogP contribution is 2.32. The lowest BCUT2D eigenvalue weighted by Gasteiger charge is -2.21. The van der Waals surface area contributed by atoms with E-state index in [1.165, 1.54) is 5.56 Å². The molecule has 5 heteroatoms. The predicted molar refractivity (Wildman–Crippen MR) is 111 cm³/mol. The van der Waals surface area contributed by atoms with E-state index < -0.39 is 10.0 Å². The van der Waals surface area contributed by atoms with Crippen molar-refractivity contribution in [2.75, 3.05) is 7.11 Å². The maximum atomic E-state index is 13.1. The van der Waals surface area contributed by atoms with Crippen molar-refractivity contribution in [3.63, 3.8) is 0 Å². The van der Waals surface area contributed by atoms with Crippen LogP contribution in [0.1, 0.15) is 66.1 Å². The molecular formula is C22H31NO3S. The number of benzene rings is 2. The zero-order chi connectivity index (χ0) is 20.5. The van der Waals surface area contributed by atoms with Crippen LogP contribution in [0.25, 0.3) is 0 Å². The van der Waals surface area contributed by atoms with Gasteiger partial charge in [-0.1, -0.05) is 26.0 Å². The molecule has 2 aromatic rings. The number of nitrogens with one attached hydrogen (secondary N) is 1. The summed E-state index contributed by atoms with van der Waals surface area (Å²) in [7, 11) is -2.06. The van der Waals surface area contributed by atoms with E-state index >= 15 is 0 Å². The van der Waals surface area contributed by atoms with Gasteiger partial charge in [0, 0.05) is 6.04 Å². The van der Waals surface area contributed by atoms with E-state index in [-0.39, 0.29) is 12.0 Å². The Bertz CT molecular complexity index is 947. The molecule has 0 bridgehead atoms. The van der Waals surface area contributed by atoms with E-state index in [4.69, 9.17) is 4.74 Å². The Morgan fingerprint density at radius 1 is 0.815 bits per heavy atom. The molecule has 4 nitrogen and oxygen atoms in total. The number of ether oxygens (including phenoxy) is 1. The summed E-state index contributed by atoms with van der Waals surface area (Å²) in [6.07, 6.45) is 0. The minimum atomic E-state index is -3.66. The van der Waals surface area contributed by atoms with Gasteiger partial charge in [-0.25, -0.2) is 13.1 Å². The van der Waals surface area contributed by atoms with Crippen molar-refractivity contribution in [2.45, 2.75) is 65.3 Å². The number of sulfonamides is 1. The van der Waals surface area contributed by atoms with Crippen LogP contribution in [0.5, 0.6) is 5.75 Å². The number of methoxy groups -OCH3 is 1. The molecule has 0 saturated carbocycles. The van der Waals surface area contributed by atoms with E-state index in [9.17, 15) is 8.42 Å². The summed E-state index contributed by atoms with van der Waals surface area (Å²) in [4.78, 5) is 0.306. The number of rotatable bonds is 6. The first-order valence-corrected chi connectivity index (χ1v) is 10.7. The summed E-state index contributed by atoms with van der Waals surface area (Å²) in [5, 5.41) is 0. The summed E-state index contributed by atoms with van der Waals surface area (Å²) < 4.78 is 34.5. The van der Waals surface area contributed by atoms with Crippen molar-refractivity contribution in [2.24, 2.45) is 0 Å². The second-order valence-corrected chi connectivity index (χ2v) is 9.33. The van der Waals surface area contributed by atoms with Crippen LogP contribution in [-0.2, 0) is 10.0 Å². The SMILES string of the molecule is COc1cc(C)c(S(=O)(=O)N[C@@H](C)c2cc(C)c(C)cc2C)cc1C(C)C. The zero-order valence-corrected chi connectivity index (χ0v) is 18.4. The van der Waals surface area contributed by atoms with Gasteiger partial charge in [0.2, 0.25) is 10.0 Å². The molecule has 1 atom stereocenters. The van der Waals surface area contributed by atoms with Gasteiger partial charge in [0.1, 0.15) is 5.75 Å². The largest absolute Gasteiger partial charge is 0.496 e. The number of hydrogen-bond acceptors (Lipinski definition) is 3. The van der Waals surface area contributed by atoms with Crippen LogP contribution in [-0.4, -0.2) is 15.5 Å². The van der Waals surface area contributed by atoms with Crippen LogP contribution >= 0.6 is 0 Å². The first-order chi connectivity index (χ1) is 12.5. The summed E-state index contributed by atoms with van der Waals surface area (Å²) in [5.74, 6) is 0.883. The van der Waals surface area contributed by atoms with Crippen LogP contribution in [0.3, 0.4) is 0 Å². The van der Waals surface area contributed by atoms with E-state index in [1.54, 1.807) is 26.2 Å². The average Bonchev–Trinajstić information content (AvgIpc) is 2.56. The lowest BCUT2D eigenvalue weighted by atomic mass is 9.97. The van der Waals surface area contributed by atoms with Crippen LogP contribution in [0, 0.1) is 27.7 Å². The average molecular weight is 390 g/mol. The van der Waals surface area contributed by atoms with Crippen molar-refractivity contribution in [1.29, 1.82) is 0 Å². The Morgan fingerprint density at radius 2 is 1.41 bits per heavy atom. The second kappa shape index (κ2) is 8.03. The van der Waals surface area contributed by atoms with Crippen molar-refractivity contribution >= 4 is 10.0 Å². The minimum absolute atomic E-state index is 0.161. The second-order valence-electron chi connectivity index (χ2n) is 7.65. The number of aryl methyl sites for hydroxylation is 4. The van der Waals surface area contributed by atoms with Crippen molar-refractivity contribution in [3.8, 4) is 5.75 Å². The fourth-order valence-electron chi connectivity index (χ4n) is 3.40. The molecule has 0 spiro atoms. The summed E-state index contributed by atoms with van der Waals surface area (Å²) in [5.41, 5.74) is 6.01. The van der Waals surface area contributed by atoms with Crippen molar-refractivity contribution in [3.05, 3.63) is 57.6 Å². The van der Waals surface area contributed by atoms with Gasteiger partial charge in [-0.05, 0) is 86.1 Å². The van der Waals surface area contributed by atoms with Crippen molar-refractivity contribution in [1.82, 2.24) is 4.72 Å². The molecule has 2 aromatic carbocycles. The maximum Gasteiger partial charge on any atom is 0.241 e. The molecule has 0 saturated heterocycles. The molecule has 0 unspecified atom stereocenters. The standard InChI is InChI=1S/C22H31NO3S/c1-13(2)19-12-22(17(6)11-21(19)26-8)27(24,25)23-18(7)20-10-15(4)14(3)9-16(20)5/h9-13,18,23H,1-8H3/t18-/m0/s1. The zero-order valence-electron chi connectivity index (χ0n) is 17.6. The fourth-order valence-corrected chi connectivity index (χ4v) is 4.89. The minimum Gasteiger partial charge on any atom is -0.496 e. The van der Waals surface area contributed by atoms with Gasteiger partial charge in [0.15, 0.2) is 0 Å². The molecule has 0 heterocycles. The van der Waals surface area contributed by atoms with Gasteiger partial charge in [-0.2, -0.15) is 0 Å². The first kappa shape index (κ1) is 21.5. The molecule has 0 amide bonds. The monoisotopic (exact) mass is 389 g/mol. The molecule has 27 heavy (non-hydrogen) atoms. The third-order valence-corrected chi connectivity index (χ3v) is 6.80. The molecule has 0 aliphatic heterocycles. The van der Waals surface area contributed by atoms with Gasteiger partial charge in [-0.15, -0.1) is 0 Å².